The zero-order chi connectivity index (χ0) is 17.6. The third kappa shape index (κ3) is 7.78. The molecule has 138 valence electrons. The van der Waals surface area contributed by atoms with Crippen molar-refractivity contribution in [3.8, 4) is 0 Å². The van der Waals surface area contributed by atoms with E-state index in [0.717, 1.165) is 27.6 Å². The van der Waals surface area contributed by atoms with Crippen molar-refractivity contribution in [2.75, 3.05) is 0 Å². The van der Waals surface area contributed by atoms with Gasteiger partial charge in [-0.25, -0.2) is 0 Å². The van der Waals surface area contributed by atoms with E-state index in [4.69, 9.17) is 0 Å². The van der Waals surface area contributed by atoms with Gasteiger partial charge in [-0.2, -0.15) is 0 Å². The Morgan fingerprint density at radius 3 is 1.64 bits per heavy atom. The minimum absolute atomic E-state index is 0. The highest BCUT2D eigenvalue weighted by Gasteiger charge is 2.05. The predicted octanol–water partition coefficient (Wildman–Crippen LogP) is 6.87. The van der Waals surface area contributed by atoms with Crippen LogP contribution in [0.3, 0.4) is 0 Å². The summed E-state index contributed by atoms with van der Waals surface area (Å²) in [5.74, 6) is 0.270. The Balaban J connectivity index is 0. The number of carbonyl (C=O) groups is 2. The number of carbonyl (C=O) groups excluding carboxylic acids is 2. The SMILES string of the molecule is C.C.CC(=O)c1ccc(C)cc1C.CC(=O)c1ccc(C)cc1CBr. The largest absolute Gasteiger partial charge is 0.295 e. The zero-order valence-corrected chi connectivity index (χ0v) is 16.0. The monoisotopic (exact) mass is 406 g/mol. The first-order valence-corrected chi connectivity index (χ1v) is 8.63. The lowest BCUT2D eigenvalue weighted by Gasteiger charge is -2.03. The molecule has 0 saturated carbocycles. The van der Waals surface area contributed by atoms with Crippen LogP contribution in [-0.4, -0.2) is 11.6 Å². The summed E-state index contributed by atoms with van der Waals surface area (Å²) in [6.45, 7) is 9.20. The molecule has 2 nitrogen and oxygen atoms in total. The molecular formula is C22H31BrO2. The van der Waals surface area contributed by atoms with Gasteiger partial charge in [0.2, 0.25) is 0 Å². The molecule has 0 aromatic heterocycles. The first-order valence-electron chi connectivity index (χ1n) is 7.51. The quantitative estimate of drug-likeness (QED) is 0.411. The third-order valence-electron chi connectivity index (χ3n) is 3.55. The van der Waals surface area contributed by atoms with Gasteiger partial charge in [0.15, 0.2) is 11.6 Å². The van der Waals surface area contributed by atoms with Crippen molar-refractivity contribution >= 4 is 27.5 Å². The molecule has 0 radical (unpaired) electrons. The summed E-state index contributed by atoms with van der Waals surface area (Å²) in [6.07, 6.45) is 0. The molecule has 0 aliphatic carbocycles. The summed E-state index contributed by atoms with van der Waals surface area (Å²) in [4.78, 5) is 22.1. The Hall–Kier alpha value is -1.74. The van der Waals surface area contributed by atoms with Crippen molar-refractivity contribution in [3.63, 3.8) is 0 Å². The Bertz CT molecular complexity index is 718. The molecule has 0 unspecified atom stereocenters. The van der Waals surface area contributed by atoms with Gasteiger partial charge in [0.25, 0.3) is 0 Å². The maximum atomic E-state index is 11.1. The van der Waals surface area contributed by atoms with Crippen LogP contribution < -0.4 is 0 Å². The highest BCUT2D eigenvalue weighted by atomic mass is 79.9. The van der Waals surface area contributed by atoms with Crippen molar-refractivity contribution in [1.29, 1.82) is 0 Å². The number of ketones is 2. The fraction of sp³-hybridized carbons (Fsp3) is 0.364. The topological polar surface area (TPSA) is 34.1 Å². The molecule has 0 aliphatic rings. The normalized spacial score (nSPS) is 9.04. The van der Waals surface area contributed by atoms with E-state index in [1.54, 1.807) is 13.8 Å². The van der Waals surface area contributed by atoms with E-state index in [1.165, 1.54) is 11.1 Å². The molecule has 25 heavy (non-hydrogen) atoms. The zero-order valence-electron chi connectivity index (χ0n) is 14.4. The van der Waals surface area contributed by atoms with Crippen LogP contribution in [0.25, 0.3) is 0 Å². The van der Waals surface area contributed by atoms with Crippen molar-refractivity contribution in [2.45, 2.75) is 54.8 Å². The van der Waals surface area contributed by atoms with E-state index in [2.05, 4.69) is 15.9 Å². The fourth-order valence-corrected chi connectivity index (χ4v) is 2.85. The second-order valence-electron chi connectivity index (χ2n) is 5.72. The Labute approximate surface area is 161 Å². The van der Waals surface area contributed by atoms with Gasteiger partial charge < -0.3 is 0 Å². The molecule has 0 fully saturated rings. The van der Waals surface area contributed by atoms with Crippen molar-refractivity contribution < 1.29 is 9.59 Å². The molecular weight excluding hydrogens is 376 g/mol. The van der Waals surface area contributed by atoms with E-state index in [0.29, 0.717) is 0 Å². The summed E-state index contributed by atoms with van der Waals surface area (Å²) in [6, 6.07) is 11.7. The molecule has 0 bridgehead atoms. The van der Waals surface area contributed by atoms with Gasteiger partial charge in [0, 0.05) is 16.5 Å². The summed E-state index contributed by atoms with van der Waals surface area (Å²) in [5.41, 5.74) is 6.18. The molecule has 0 atom stereocenters. The number of halogens is 1. The first kappa shape index (κ1) is 25.5. The van der Waals surface area contributed by atoms with Crippen LogP contribution in [0, 0.1) is 20.8 Å². The number of Topliss-reactive ketones (excluding diaryl/α,β-unsaturated/α-hetero) is 2. The summed E-state index contributed by atoms with van der Waals surface area (Å²) < 4.78 is 0. The van der Waals surface area contributed by atoms with Gasteiger partial charge in [-0.3, -0.25) is 9.59 Å². The smallest absolute Gasteiger partial charge is 0.160 e. The molecule has 2 aromatic carbocycles. The maximum absolute atomic E-state index is 11.1. The number of hydrogen-bond acceptors (Lipinski definition) is 2. The van der Waals surface area contributed by atoms with Crippen molar-refractivity contribution in [3.05, 3.63) is 69.8 Å². The second kappa shape index (κ2) is 11.8. The molecule has 0 heterocycles. The Morgan fingerprint density at radius 2 is 1.24 bits per heavy atom. The average molecular weight is 407 g/mol. The van der Waals surface area contributed by atoms with Crippen LogP contribution in [0.15, 0.2) is 36.4 Å². The average Bonchev–Trinajstić information content (AvgIpc) is 2.46. The number of rotatable bonds is 3. The maximum Gasteiger partial charge on any atom is 0.160 e. The minimum Gasteiger partial charge on any atom is -0.295 e. The van der Waals surface area contributed by atoms with Gasteiger partial charge in [0.1, 0.15) is 0 Å². The summed E-state index contributed by atoms with van der Waals surface area (Å²) in [5, 5.41) is 0.740. The van der Waals surface area contributed by atoms with E-state index >= 15 is 0 Å². The van der Waals surface area contributed by atoms with Gasteiger partial charge in [-0.05, 0) is 45.7 Å². The molecule has 0 spiro atoms. The third-order valence-corrected chi connectivity index (χ3v) is 4.15. The number of alkyl halides is 1. The minimum atomic E-state index is 0. The van der Waals surface area contributed by atoms with Gasteiger partial charge in [-0.15, -0.1) is 0 Å². The summed E-state index contributed by atoms with van der Waals surface area (Å²) in [7, 11) is 0. The van der Waals surface area contributed by atoms with Crippen LogP contribution >= 0.6 is 15.9 Å². The van der Waals surface area contributed by atoms with Crippen LogP contribution in [0.1, 0.15) is 71.7 Å². The number of benzene rings is 2. The standard InChI is InChI=1S/C10H11BrO.C10H12O.2CH4/c1-7-3-4-10(8(2)12)9(5-7)6-11;1-7-4-5-10(9(3)11)8(2)6-7;;/h3-5H,6H2,1-2H3;4-6H,1-3H3;2*1H4. The molecule has 0 aliphatic heterocycles. The lowest BCUT2D eigenvalue weighted by atomic mass is 10.0. The number of hydrogen-bond donors (Lipinski definition) is 0. The van der Waals surface area contributed by atoms with E-state index < -0.39 is 0 Å². The lowest BCUT2D eigenvalue weighted by Crippen LogP contribution is -1.97. The van der Waals surface area contributed by atoms with E-state index in [1.807, 2.05) is 57.2 Å². The molecule has 0 N–H and O–H groups in total. The van der Waals surface area contributed by atoms with Gasteiger partial charge in [-0.1, -0.05) is 78.3 Å². The van der Waals surface area contributed by atoms with Gasteiger partial charge >= 0.3 is 0 Å². The molecule has 3 heteroatoms. The van der Waals surface area contributed by atoms with Crippen LogP contribution in [-0.2, 0) is 5.33 Å². The first-order chi connectivity index (χ1) is 10.8. The predicted molar refractivity (Wildman–Crippen MR) is 113 cm³/mol. The van der Waals surface area contributed by atoms with Gasteiger partial charge in [0.05, 0.1) is 0 Å². The van der Waals surface area contributed by atoms with Crippen LogP contribution in [0.5, 0.6) is 0 Å². The van der Waals surface area contributed by atoms with E-state index in [9.17, 15) is 9.59 Å². The molecule has 0 saturated heterocycles. The fourth-order valence-electron chi connectivity index (χ4n) is 2.39. The molecule has 2 aromatic rings. The van der Waals surface area contributed by atoms with Crippen LogP contribution in [0.2, 0.25) is 0 Å². The second-order valence-corrected chi connectivity index (χ2v) is 6.29. The molecule has 0 amide bonds. The Kier molecular flexibility index (Phi) is 12.0. The molecule has 2 rings (SSSR count). The number of aryl methyl sites for hydroxylation is 3. The van der Waals surface area contributed by atoms with Crippen molar-refractivity contribution in [1.82, 2.24) is 0 Å². The van der Waals surface area contributed by atoms with E-state index in [-0.39, 0.29) is 26.4 Å². The van der Waals surface area contributed by atoms with Crippen molar-refractivity contribution in [2.24, 2.45) is 0 Å². The lowest BCUT2D eigenvalue weighted by molar-refractivity contribution is 0.100. The summed E-state index contributed by atoms with van der Waals surface area (Å²) >= 11 is 3.36. The highest BCUT2D eigenvalue weighted by molar-refractivity contribution is 9.08. The Morgan fingerprint density at radius 1 is 0.800 bits per heavy atom. The highest BCUT2D eigenvalue weighted by Crippen LogP contribution is 2.15. The van der Waals surface area contributed by atoms with Crippen LogP contribution in [0.4, 0.5) is 0 Å².